The fourth-order valence-electron chi connectivity index (χ4n) is 2.82. The summed E-state index contributed by atoms with van der Waals surface area (Å²) in [5, 5.41) is 8.32. The lowest BCUT2D eigenvalue weighted by Gasteiger charge is -2.28. The topological polar surface area (TPSA) is 95.1 Å². The van der Waals surface area contributed by atoms with Gasteiger partial charge in [-0.3, -0.25) is 4.79 Å². The Labute approximate surface area is 144 Å². The van der Waals surface area contributed by atoms with Gasteiger partial charge in [-0.15, -0.1) is 5.10 Å². The Balaban J connectivity index is 2.21. The van der Waals surface area contributed by atoms with E-state index in [1.54, 1.807) is 11.8 Å². The van der Waals surface area contributed by atoms with Crippen LogP contribution in [0.4, 0.5) is 5.95 Å². The smallest absolute Gasteiger partial charge is 0.248 e. The maximum Gasteiger partial charge on any atom is 0.248 e. The Morgan fingerprint density at radius 2 is 2.21 bits per heavy atom. The molecule has 7 nitrogen and oxygen atoms in total. The van der Waals surface area contributed by atoms with Gasteiger partial charge in [0.2, 0.25) is 17.0 Å². The Kier molecular flexibility index (Phi) is 4.48. The number of ether oxygens (including phenoxy) is 1. The first-order valence-corrected chi connectivity index (χ1v) is 8.55. The first kappa shape index (κ1) is 16.4. The maximum absolute atomic E-state index is 12.1. The van der Waals surface area contributed by atoms with Crippen LogP contribution in [0.15, 0.2) is 40.7 Å². The van der Waals surface area contributed by atoms with Crippen LogP contribution in [-0.2, 0) is 4.79 Å². The van der Waals surface area contributed by atoms with E-state index in [1.807, 2.05) is 38.1 Å². The van der Waals surface area contributed by atoms with Gasteiger partial charge < -0.3 is 15.8 Å². The molecule has 0 aliphatic carbocycles. The number of nitrogens with one attached hydrogen (secondary N) is 1. The molecule has 8 heteroatoms. The van der Waals surface area contributed by atoms with Crippen molar-refractivity contribution in [3.8, 4) is 5.75 Å². The van der Waals surface area contributed by atoms with E-state index in [1.165, 1.54) is 11.8 Å². The number of primary amides is 1. The second kappa shape index (κ2) is 6.56. The highest BCUT2D eigenvalue weighted by Crippen LogP contribution is 2.39. The van der Waals surface area contributed by atoms with E-state index in [-0.39, 0.29) is 0 Å². The zero-order valence-electron chi connectivity index (χ0n) is 13.7. The Hall–Kier alpha value is -2.48. The van der Waals surface area contributed by atoms with Crippen molar-refractivity contribution in [2.45, 2.75) is 25.0 Å². The van der Waals surface area contributed by atoms with Gasteiger partial charge in [-0.2, -0.15) is 4.98 Å². The number of anilines is 1. The number of hydrogen-bond donors (Lipinski definition) is 2. The third kappa shape index (κ3) is 2.73. The van der Waals surface area contributed by atoms with Gasteiger partial charge in [0.15, 0.2) is 0 Å². The molecule has 3 N–H and O–H groups in total. The number of fused-ring (bicyclic) bond motifs is 1. The predicted molar refractivity (Wildman–Crippen MR) is 93.1 cm³/mol. The molecule has 0 saturated heterocycles. The number of thioether (sulfide) groups is 1. The fourth-order valence-corrected chi connectivity index (χ4v) is 3.38. The minimum Gasteiger partial charge on any atom is -0.496 e. The third-order valence-electron chi connectivity index (χ3n) is 3.81. The Bertz CT molecular complexity index is 815. The first-order chi connectivity index (χ1) is 11.6. The van der Waals surface area contributed by atoms with Crippen LogP contribution in [0.25, 0.3) is 0 Å². The number of para-hydroxylation sites is 1. The molecule has 24 heavy (non-hydrogen) atoms. The van der Waals surface area contributed by atoms with E-state index in [2.05, 4.69) is 15.4 Å². The van der Waals surface area contributed by atoms with Gasteiger partial charge in [-0.05, 0) is 18.7 Å². The quantitative estimate of drug-likeness (QED) is 0.807. The zero-order chi connectivity index (χ0) is 17.3. The number of carbonyl (C=O) groups is 1. The minimum atomic E-state index is -0.498. The van der Waals surface area contributed by atoms with Crippen molar-refractivity contribution in [1.82, 2.24) is 14.8 Å². The van der Waals surface area contributed by atoms with E-state index >= 15 is 0 Å². The van der Waals surface area contributed by atoms with Gasteiger partial charge in [0.05, 0.1) is 12.7 Å². The standard InChI is InChI=1S/C16H19N5O2S/c1-4-24-16-19-15-18-9(2)12(14(17)22)13(21(15)20-16)10-7-5-6-8-11(10)23-3/h5-8,13H,4H2,1-3H3,(H2,17,22)(H,18,19,20). The molecule has 1 unspecified atom stereocenters. The molecule has 0 fully saturated rings. The summed E-state index contributed by atoms with van der Waals surface area (Å²) >= 11 is 1.54. The molecule has 0 saturated carbocycles. The molecule has 2 heterocycles. The second-order valence-electron chi connectivity index (χ2n) is 5.27. The first-order valence-electron chi connectivity index (χ1n) is 7.56. The van der Waals surface area contributed by atoms with Gasteiger partial charge in [0.25, 0.3) is 0 Å². The molecule has 0 spiro atoms. The molecule has 1 amide bonds. The summed E-state index contributed by atoms with van der Waals surface area (Å²) in [4.78, 5) is 16.6. The monoisotopic (exact) mass is 345 g/mol. The third-order valence-corrected chi connectivity index (χ3v) is 4.53. The number of hydrogen-bond acceptors (Lipinski definition) is 6. The number of aromatic nitrogens is 3. The summed E-state index contributed by atoms with van der Waals surface area (Å²) in [6, 6.07) is 7.05. The number of amides is 1. The van der Waals surface area contributed by atoms with Gasteiger partial charge in [0.1, 0.15) is 11.8 Å². The van der Waals surface area contributed by atoms with Crippen LogP contribution >= 0.6 is 11.8 Å². The molecule has 1 aliphatic rings. The summed E-state index contributed by atoms with van der Waals surface area (Å²) in [6.07, 6.45) is 0. The highest BCUT2D eigenvalue weighted by atomic mass is 32.2. The number of nitrogens with zero attached hydrogens (tertiary/aromatic N) is 3. The van der Waals surface area contributed by atoms with Crippen molar-refractivity contribution in [3.05, 3.63) is 41.1 Å². The zero-order valence-corrected chi connectivity index (χ0v) is 14.6. The molecule has 1 aromatic heterocycles. The summed E-state index contributed by atoms with van der Waals surface area (Å²) in [5.41, 5.74) is 7.59. The number of allylic oxidation sites excluding steroid dienone is 1. The van der Waals surface area contributed by atoms with Gasteiger partial charge in [0, 0.05) is 11.3 Å². The fraction of sp³-hybridized carbons (Fsp3) is 0.312. The van der Waals surface area contributed by atoms with Crippen LogP contribution in [0.5, 0.6) is 5.75 Å². The second-order valence-corrected chi connectivity index (χ2v) is 6.50. The minimum absolute atomic E-state index is 0.449. The molecular formula is C16H19N5O2S. The predicted octanol–water partition coefficient (Wildman–Crippen LogP) is 2.17. The van der Waals surface area contributed by atoms with Crippen LogP contribution < -0.4 is 15.8 Å². The van der Waals surface area contributed by atoms with Crippen LogP contribution in [0, 0.1) is 0 Å². The molecular weight excluding hydrogens is 326 g/mol. The van der Waals surface area contributed by atoms with E-state index in [0.29, 0.717) is 28.1 Å². The van der Waals surface area contributed by atoms with Crippen molar-refractivity contribution in [2.75, 3.05) is 18.2 Å². The lowest BCUT2D eigenvalue weighted by Crippen LogP contribution is -2.32. The molecule has 1 aliphatic heterocycles. The molecule has 2 aromatic rings. The summed E-state index contributed by atoms with van der Waals surface area (Å²) in [5.74, 6) is 1.62. The van der Waals surface area contributed by atoms with Gasteiger partial charge in [-0.1, -0.05) is 36.9 Å². The van der Waals surface area contributed by atoms with E-state index in [9.17, 15) is 4.79 Å². The molecule has 3 rings (SSSR count). The average Bonchev–Trinajstić information content (AvgIpc) is 2.95. The van der Waals surface area contributed by atoms with E-state index in [4.69, 9.17) is 10.5 Å². The molecule has 126 valence electrons. The van der Waals surface area contributed by atoms with Crippen LogP contribution in [0.3, 0.4) is 0 Å². The van der Waals surface area contributed by atoms with Crippen molar-refractivity contribution >= 4 is 23.6 Å². The van der Waals surface area contributed by atoms with E-state index < -0.39 is 11.9 Å². The number of rotatable bonds is 5. The highest BCUT2D eigenvalue weighted by molar-refractivity contribution is 7.99. The normalized spacial score (nSPS) is 16.5. The van der Waals surface area contributed by atoms with Crippen LogP contribution in [-0.4, -0.2) is 33.5 Å². The van der Waals surface area contributed by atoms with Gasteiger partial charge >= 0.3 is 0 Å². The largest absolute Gasteiger partial charge is 0.496 e. The number of methoxy groups -OCH3 is 1. The SMILES string of the molecule is CCSc1nc2n(n1)C(c1ccccc1OC)C(C(N)=O)=C(C)N2. The van der Waals surface area contributed by atoms with Crippen molar-refractivity contribution < 1.29 is 9.53 Å². The average molecular weight is 345 g/mol. The summed E-state index contributed by atoms with van der Waals surface area (Å²) in [7, 11) is 1.60. The lowest BCUT2D eigenvalue weighted by molar-refractivity contribution is -0.115. The molecule has 0 radical (unpaired) electrons. The molecule has 1 atom stereocenters. The molecule has 0 bridgehead atoms. The highest BCUT2D eigenvalue weighted by Gasteiger charge is 2.34. The molecule has 1 aromatic carbocycles. The summed E-state index contributed by atoms with van der Waals surface area (Å²) < 4.78 is 7.17. The van der Waals surface area contributed by atoms with Crippen molar-refractivity contribution in [1.29, 1.82) is 0 Å². The van der Waals surface area contributed by atoms with Crippen molar-refractivity contribution in [3.63, 3.8) is 0 Å². The lowest BCUT2D eigenvalue weighted by atomic mass is 9.94. The van der Waals surface area contributed by atoms with Gasteiger partial charge in [-0.25, -0.2) is 4.68 Å². The summed E-state index contributed by atoms with van der Waals surface area (Å²) in [6.45, 7) is 3.85. The number of benzene rings is 1. The van der Waals surface area contributed by atoms with Crippen molar-refractivity contribution in [2.24, 2.45) is 5.73 Å². The Morgan fingerprint density at radius 3 is 2.88 bits per heavy atom. The van der Waals surface area contributed by atoms with E-state index in [0.717, 1.165) is 11.3 Å². The Morgan fingerprint density at radius 1 is 1.46 bits per heavy atom. The maximum atomic E-state index is 12.1. The van der Waals surface area contributed by atoms with Crippen LogP contribution in [0.1, 0.15) is 25.5 Å². The van der Waals surface area contributed by atoms with Crippen LogP contribution in [0.2, 0.25) is 0 Å². The number of carbonyl (C=O) groups excluding carboxylic acids is 1. The number of nitrogens with two attached hydrogens (primary N) is 1.